The van der Waals surface area contributed by atoms with Crippen molar-refractivity contribution in [2.24, 2.45) is 0 Å². The Morgan fingerprint density at radius 3 is 2.50 bits per heavy atom. The van der Waals surface area contributed by atoms with Crippen LogP contribution in [0.1, 0.15) is 16.9 Å². The molecule has 0 saturated carbocycles. The van der Waals surface area contributed by atoms with Crippen molar-refractivity contribution >= 4 is 17.5 Å². The summed E-state index contributed by atoms with van der Waals surface area (Å²) in [6, 6.07) is 14.1. The predicted octanol–water partition coefficient (Wildman–Crippen LogP) is 4.55. The molecular formula is C22H23ClN2O5. The van der Waals surface area contributed by atoms with E-state index < -0.39 is 0 Å². The van der Waals surface area contributed by atoms with Crippen molar-refractivity contribution < 1.29 is 23.5 Å². The number of ether oxygens (including phenoxy) is 3. The topological polar surface area (TPSA) is 74.0 Å². The Labute approximate surface area is 180 Å². The lowest BCUT2D eigenvalue weighted by atomic mass is 10.1. The highest BCUT2D eigenvalue weighted by atomic mass is 35.5. The van der Waals surface area contributed by atoms with Crippen LogP contribution in [-0.2, 0) is 0 Å². The van der Waals surface area contributed by atoms with Crippen molar-refractivity contribution in [1.29, 1.82) is 0 Å². The third kappa shape index (κ3) is 5.24. The van der Waals surface area contributed by atoms with Crippen LogP contribution < -0.4 is 14.2 Å². The SMILES string of the molecule is COc1ccc(OC)c(-c2cc(C(=O)N(C)CCCOc3ccc(Cl)cc3)no2)c1. The van der Waals surface area contributed by atoms with E-state index in [4.69, 9.17) is 30.3 Å². The lowest BCUT2D eigenvalue weighted by Gasteiger charge is -2.15. The van der Waals surface area contributed by atoms with E-state index in [-0.39, 0.29) is 11.6 Å². The molecule has 0 aliphatic rings. The summed E-state index contributed by atoms with van der Waals surface area (Å²) in [6.45, 7) is 0.988. The van der Waals surface area contributed by atoms with Crippen LogP contribution in [0.2, 0.25) is 5.02 Å². The maximum Gasteiger partial charge on any atom is 0.275 e. The van der Waals surface area contributed by atoms with Crippen molar-refractivity contribution in [3.8, 4) is 28.6 Å². The summed E-state index contributed by atoms with van der Waals surface area (Å²) < 4.78 is 21.7. The van der Waals surface area contributed by atoms with Crippen molar-refractivity contribution in [3.63, 3.8) is 0 Å². The maximum atomic E-state index is 12.7. The van der Waals surface area contributed by atoms with Crippen LogP contribution in [0.25, 0.3) is 11.3 Å². The molecule has 3 rings (SSSR count). The van der Waals surface area contributed by atoms with Gasteiger partial charge in [0.1, 0.15) is 17.2 Å². The summed E-state index contributed by atoms with van der Waals surface area (Å²) in [4.78, 5) is 14.2. The fourth-order valence-electron chi connectivity index (χ4n) is 2.83. The quantitative estimate of drug-likeness (QED) is 0.463. The van der Waals surface area contributed by atoms with E-state index >= 15 is 0 Å². The molecule has 0 fully saturated rings. The highest BCUT2D eigenvalue weighted by Crippen LogP contribution is 2.33. The standard InChI is InChI=1S/C22H23ClN2O5/c1-25(11-4-12-29-16-7-5-15(23)6-8-16)22(26)19-14-21(30-24-19)18-13-17(27-2)9-10-20(18)28-3/h5-10,13-14H,4,11-12H2,1-3H3. The van der Waals surface area contributed by atoms with Gasteiger partial charge in [-0.3, -0.25) is 4.79 Å². The van der Waals surface area contributed by atoms with E-state index in [1.807, 2.05) is 0 Å². The molecule has 0 atom stereocenters. The molecule has 1 amide bonds. The van der Waals surface area contributed by atoms with E-state index in [2.05, 4.69) is 5.16 Å². The number of hydrogen-bond acceptors (Lipinski definition) is 6. The zero-order valence-electron chi connectivity index (χ0n) is 17.1. The van der Waals surface area contributed by atoms with Gasteiger partial charge in [0, 0.05) is 24.7 Å². The van der Waals surface area contributed by atoms with Gasteiger partial charge in [0.05, 0.1) is 26.4 Å². The molecule has 30 heavy (non-hydrogen) atoms. The number of methoxy groups -OCH3 is 2. The van der Waals surface area contributed by atoms with Gasteiger partial charge < -0.3 is 23.6 Å². The molecule has 0 bridgehead atoms. The lowest BCUT2D eigenvalue weighted by molar-refractivity contribution is 0.0777. The monoisotopic (exact) mass is 430 g/mol. The van der Waals surface area contributed by atoms with Crippen LogP contribution in [0.5, 0.6) is 17.2 Å². The number of rotatable bonds is 9. The van der Waals surface area contributed by atoms with Gasteiger partial charge in [0.2, 0.25) is 0 Å². The molecule has 3 aromatic rings. The predicted molar refractivity (Wildman–Crippen MR) is 114 cm³/mol. The van der Waals surface area contributed by atoms with E-state index in [0.717, 1.165) is 5.75 Å². The second-order valence-corrected chi connectivity index (χ2v) is 6.96. The number of carbonyl (C=O) groups is 1. The first-order valence-electron chi connectivity index (χ1n) is 9.34. The van der Waals surface area contributed by atoms with Crippen molar-refractivity contribution in [1.82, 2.24) is 10.1 Å². The molecule has 0 radical (unpaired) electrons. The van der Waals surface area contributed by atoms with Gasteiger partial charge in [-0.1, -0.05) is 16.8 Å². The average Bonchev–Trinajstić information content (AvgIpc) is 3.26. The number of aromatic nitrogens is 1. The van der Waals surface area contributed by atoms with Gasteiger partial charge in [-0.15, -0.1) is 0 Å². The summed E-state index contributed by atoms with van der Waals surface area (Å²) in [5.74, 6) is 2.17. The Morgan fingerprint density at radius 1 is 1.07 bits per heavy atom. The molecule has 1 aromatic heterocycles. The molecule has 0 unspecified atom stereocenters. The number of hydrogen-bond donors (Lipinski definition) is 0. The third-order valence-electron chi connectivity index (χ3n) is 4.47. The second-order valence-electron chi connectivity index (χ2n) is 6.53. The molecule has 7 nitrogen and oxygen atoms in total. The first-order valence-corrected chi connectivity index (χ1v) is 9.72. The van der Waals surface area contributed by atoms with Crippen LogP contribution in [0.4, 0.5) is 0 Å². The number of nitrogens with zero attached hydrogens (tertiary/aromatic N) is 2. The highest BCUT2D eigenvalue weighted by molar-refractivity contribution is 6.30. The first-order chi connectivity index (χ1) is 14.5. The fraction of sp³-hybridized carbons (Fsp3) is 0.273. The molecule has 0 aliphatic heterocycles. The minimum Gasteiger partial charge on any atom is -0.497 e. The Kier molecular flexibility index (Phi) is 7.19. The highest BCUT2D eigenvalue weighted by Gasteiger charge is 2.19. The normalized spacial score (nSPS) is 10.5. The molecule has 0 N–H and O–H groups in total. The molecular weight excluding hydrogens is 408 g/mol. The molecule has 8 heteroatoms. The number of amides is 1. The van der Waals surface area contributed by atoms with Gasteiger partial charge >= 0.3 is 0 Å². The maximum absolute atomic E-state index is 12.7. The van der Waals surface area contributed by atoms with Crippen LogP contribution >= 0.6 is 11.6 Å². The van der Waals surface area contributed by atoms with Crippen LogP contribution in [-0.4, -0.2) is 50.4 Å². The summed E-state index contributed by atoms with van der Waals surface area (Å²) in [5, 5.41) is 4.58. The Bertz CT molecular complexity index is 987. The van der Waals surface area contributed by atoms with Crippen molar-refractivity contribution in [2.45, 2.75) is 6.42 Å². The largest absolute Gasteiger partial charge is 0.497 e. The van der Waals surface area contributed by atoms with E-state index in [9.17, 15) is 4.79 Å². The smallest absolute Gasteiger partial charge is 0.275 e. The molecule has 0 spiro atoms. The summed E-state index contributed by atoms with van der Waals surface area (Å²) in [5.41, 5.74) is 0.874. The number of carbonyl (C=O) groups excluding carboxylic acids is 1. The lowest BCUT2D eigenvalue weighted by Crippen LogP contribution is -2.28. The molecule has 0 saturated heterocycles. The van der Waals surface area contributed by atoms with Gasteiger partial charge in [-0.25, -0.2) is 0 Å². The zero-order valence-corrected chi connectivity index (χ0v) is 17.8. The zero-order chi connectivity index (χ0) is 21.5. The average molecular weight is 431 g/mol. The van der Waals surface area contributed by atoms with Gasteiger partial charge in [0.15, 0.2) is 11.5 Å². The Morgan fingerprint density at radius 2 is 1.80 bits per heavy atom. The third-order valence-corrected chi connectivity index (χ3v) is 4.72. The van der Waals surface area contributed by atoms with Crippen molar-refractivity contribution in [2.75, 3.05) is 34.4 Å². The van der Waals surface area contributed by atoms with E-state index in [1.165, 1.54) is 0 Å². The Hall–Kier alpha value is -3.19. The van der Waals surface area contributed by atoms with Crippen LogP contribution in [0.15, 0.2) is 53.1 Å². The molecule has 1 heterocycles. The number of benzene rings is 2. The van der Waals surface area contributed by atoms with Gasteiger partial charge in [-0.2, -0.15) is 0 Å². The minimum atomic E-state index is -0.238. The second kappa shape index (κ2) is 10.0. The Balaban J connectivity index is 1.58. The molecule has 2 aromatic carbocycles. The van der Waals surface area contributed by atoms with E-state index in [1.54, 1.807) is 74.7 Å². The van der Waals surface area contributed by atoms with Gasteiger partial charge in [0.25, 0.3) is 5.91 Å². The fourth-order valence-corrected chi connectivity index (χ4v) is 2.96. The number of halogens is 1. The summed E-state index contributed by atoms with van der Waals surface area (Å²) >= 11 is 5.85. The van der Waals surface area contributed by atoms with Crippen LogP contribution in [0, 0.1) is 0 Å². The summed E-state index contributed by atoms with van der Waals surface area (Å²) in [6.07, 6.45) is 0.666. The van der Waals surface area contributed by atoms with Gasteiger partial charge in [-0.05, 0) is 48.9 Å². The van der Waals surface area contributed by atoms with E-state index in [0.29, 0.717) is 47.4 Å². The molecule has 158 valence electrons. The van der Waals surface area contributed by atoms with Crippen LogP contribution in [0.3, 0.4) is 0 Å². The molecule has 0 aliphatic carbocycles. The first kappa shape index (κ1) is 21.5. The summed E-state index contributed by atoms with van der Waals surface area (Å²) in [7, 11) is 4.85. The van der Waals surface area contributed by atoms with Crippen molar-refractivity contribution in [3.05, 3.63) is 59.2 Å². The minimum absolute atomic E-state index is 0.219.